The van der Waals surface area contributed by atoms with Crippen LogP contribution in [0.15, 0.2) is 48.5 Å². The lowest BCUT2D eigenvalue weighted by Gasteiger charge is -2.27. The highest BCUT2D eigenvalue weighted by Crippen LogP contribution is 2.23. The van der Waals surface area contributed by atoms with Crippen LogP contribution in [0.3, 0.4) is 0 Å². The van der Waals surface area contributed by atoms with Crippen LogP contribution in [0, 0.1) is 0 Å². The Labute approximate surface area is 276 Å². The number of alkyl carbamates (subject to hydrolysis) is 1. The van der Waals surface area contributed by atoms with E-state index in [9.17, 15) is 29.1 Å². The fourth-order valence-corrected chi connectivity index (χ4v) is 4.11. The zero-order chi connectivity index (χ0) is 35.6. The van der Waals surface area contributed by atoms with Crippen LogP contribution in [0.2, 0.25) is 0 Å². The molecule has 12 heteroatoms. The third-order valence-electron chi connectivity index (χ3n) is 6.01. The number of hydrogen-bond donors (Lipinski definition) is 3. The lowest BCUT2D eigenvalue weighted by molar-refractivity contribution is -0.159. The maximum Gasteiger partial charge on any atom is 0.408 e. The van der Waals surface area contributed by atoms with Crippen molar-refractivity contribution in [3.63, 3.8) is 0 Å². The molecule has 2 rings (SSSR count). The van der Waals surface area contributed by atoms with Gasteiger partial charge < -0.3 is 34.7 Å². The summed E-state index contributed by atoms with van der Waals surface area (Å²) in [4.78, 5) is 64.9. The summed E-state index contributed by atoms with van der Waals surface area (Å²) >= 11 is 0. The molecule has 47 heavy (non-hydrogen) atoms. The van der Waals surface area contributed by atoms with E-state index in [4.69, 9.17) is 18.9 Å². The summed E-state index contributed by atoms with van der Waals surface area (Å²) in [5.41, 5.74) is -1.49. The summed E-state index contributed by atoms with van der Waals surface area (Å²) < 4.78 is 21.6. The van der Waals surface area contributed by atoms with Gasteiger partial charge in [0.2, 0.25) is 5.91 Å². The molecule has 0 heterocycles. The van der Waals surface area contributed by atoms with Crippen LogP contribution >= 0.6 is 0 Å². The Morgan fingerprint density at radius 2 is 1.32 bits per heavy atom. The maximum absolute atomic E-state index is 13.7. The molecule has 0 bridgehead atoms. The van der Waals surface area contributed by atoms with Gasteiger partial charge >= 0.3 is 24.0 Å². The lowest BCUT2D eigenvalue weighted by Crippen LogP contribution is -2.53. The first-order valence-electron chi connectivity index (χ1n) is 15.4. The first-order valence-corrected chi connectivity index (χ1v) is 15.4. The molecule has 2 aromatic carbocycles. The zero-order valence-electron chi connectivity index (χ0n) is 28.7. The Bertz CT molecular complexity index is 1400. The van der Waals surface area contributed by atoms with Gasteiger partial charge in [-0.25, -0.2) is 14.4 Å². The third-order valence-corrected chi connectivity index (χ3v) is 6.01. The summed E-state index contributed by atoms with van der Waals surface area (Å²) in [6, 6.07) is 10.5. The number of carbonyl (C=O) groups excluding carboxylic acids is 5. The van der Waals surface area contributed by atoms with Crippen molar-refractivity contribution in [3.8, 4) is 5.75 Å². The summed E-state index contributed by atoms with van der Waals surface area (Å²) in [5, 5.41) is 15.5. The molecule has 0 fully saturated rings. The second kappa shape index (κ2) is 16.3. The molecule has 258 valence electrons. The van der Waals surface area contributed by atoms with Gasteiger partial charge in [0.25, 0.3) is 0 Å². The molecule has 0 unspecified atom stereocenters. The van der Waals surface area contributed by atoms with Gasteiger partial charge in [-0.15, -0.1) is 0 Å². The molecule has 2 aromatic rings. The van der Waals surface area contributed by atoms with Crippen molar-refractivity contribution in [2.24, 2.45) is 0 Å². The summed E-state index contributed by atoms with van der Waals surface area (Å²) in [7, 11) is 0. The highest BCUT2D eigenvalue weighted by atomic mass is 16.6. The first-order chi connectivity index (χ1) is 21.6. The molecule has 0 aliphatic heterocycles. The van der Waals surface area contributed by atoms with Gasteiger partial charge in [-0.1, -0.05) is 36.4 Å². The second-order valence-electron chi connectivity index (χ2n) is 14.0. The number of ether oxygens (including phenoxy) is 4. The van der Waals surface area contributed by atoms with Crippen molar-refractivity contribution in [1.82, 2.24) is 10.6 Å². The minimum absolute atomic E-state index is 0.0611. The molecule has 0 saturated carbocycles. The number of hydrogen-bond acceptors (Lipinski definition) is 10. The van der Waals surface area contributed by atoms with Crippen molar-refractivity contribution in [3.05, 3.63) is 65.2 Å². The average Bonchev–Trinajstić information content (AvgIpc) is 2.92. The van der Waals surface area contributed by atoms with E-state index in [0.717, 1.165) is 5.56 Å². The number of benzene rings is 2. The van der Waals surface area contributed by atoms with E-state index in [1.165, 1.54) is 18.2 Å². The quantitative estimate of drug-likeness (QED) is 0.206. The SMILES string of the molecule is CC(C)(C)OC(=O)CC[C@H](NC(=O)OCc1ccccc1)C(=O)N[C@@H](Cc1ccc(O)c(C(=O)OC(C)(C)C)c1)C(=O)OC(C)(C)C. The monoisotopic (exact) mass is 656 g/mol. The Kier molecular flexibility index (Phi) is 13.4. The van der Waals surface area contributed by atoms with Gasteiger partial charge in [-0.05, 0) is 92.0 Å². The molecule has 3 N–H and O–H groups in total. The van der Waals surface area contributed by atoms with Gasteiger partial charge in [-0.2, -0.15) is 0 Å². The average molecular weight is 657 g/mol. The molecular formula is C35H48N2O10. The van der Waals surface area contributed by atoms with E-state index >= 15 is 0 Å². The summed E-state index contributed by atoms with van der Waals surface area (Å²) in [5.74, 6) is -3.24. The Balaban J connectivity index is 2.33. The fourth-order valence-electron chi connectivity index (χ4n) is 4.11. The minimum atomic E-state index is -1.30. The number of nitrogens with one attached hydrogen (secondary N) is 2. The van der Waals surface area contributed by atoms with Crippen LogP contribution in [-0.2, 0) is 46.4 Å². The molecule has 0 aliphatic carbocycles. The first kappa shape index (κ1) is 38.6. The number of aromatic hydroxyl groups is 1. The van der Waals surface area contributed by atoms with Crippen LogP contribution in [0.5, 0.6) is 5.75 Å². The molecule has 0 radical (unpaired) electrons. The van der Waals surface area contributed by atoms with Gasteiger partial charge in [-0.3, -0.25) is 9.59 Å². The predicted molar refractivity (Wildman–Crippen MR) is 173 cm³/mol. The van der Waals surface area contributed by atoms with E-state index in [1.54, 1.807) is 86.6 Å². The topological polar surface area (TPSA) is 167 Å². The molecule has 0 spiro atoms. The number of phenols is 1. The molecule has 2 atom stereocenters. The standard InChI is InChI=1S/C35H48N2O10/c1-33(2,3)45-28(39)18-16-25(37-32(43)44-21-22-13-11-10-12-14-22)29(40)36-26(31(42)47-35(7,8)9)20-23-15-17-27(38)24(19-23)30(41)46-34(4,5)6/h10-15,17,19,25-26,38H,16,18,20-21H2,1-9H3,(H,36,40)(H,37,43)/t25-,26-/m0/s1. The van der Waals surface area contributed by atoms with Crippen LogP contribution in [-0.4, -0.2) is 63.9 Å². The largest absolute Gasteiger partial charge is 0.507 e. The maximum atomic E-state index is 13.7. The van der Waals surface area contributed by atoms with Gasteiger partial charge in [0.15, 0.2) is 0 Å². The number of amides is 2. The second-order valence-corrected chi connectivity index (χ2v) is 14.0. The van der Waals surface area contributed by atoms with Gasteiger partial charge in [0.05, 0.1) is 0 Å². The van der Waals surface area contributed by atoms with Crippen LogP contribution in [0.25, 0.3) is 0 Å². The number of carbonyl (C=O) groups is 5. The third kappa shape index (κ3) is 15.0. The van der Waals surface area contributed by atoms with Gasteiger partial charge in [0.1, 0.15) is 46.8 Å². The van der Waals surface area contributed by atoms with E-state index in [2.05, 4.69) is 10.6 Å². The highest BCUT2D eigenvalue weighted by Gasteiger charge is 2.32. The Hall–Kier alpha value is -4.61. The van der Waals surface area contributed by atoms with Crippen LogP contribution in [0.4, 0.5) is 4.79 Å². The summed E-state index contributed by atoms with van der Waals surface area (Å²) in [6.07, 6.45) is -1.44. The summed E-state index contributed by atoms with van der Waals surface area (Å²) in [6.45, 7) is 15.1. The molecule has 2 amide bonds. The number of phenolic OH excluding ortho intramolecular Hbond substituents is 1. The van der Waals surface area contributed by atoms with E-state index in [0.29, 0.717) is 5.56 Å². The molecule has 0 saturated heterocycles. The van der Waals surface area contributed by atoms with Crippen molar-refractivity contribution in [1.29, 1.82) is 0 Å². The van der Waals surface area contributed by atoms with Crippen LogP contribution < -0.4 is 10.6 Å². The number of rotatable bonds is 12. The van der Waals surface area contributed by atoms with Gasteiger partial charge in [0, 0.05) is 12.8 Å². The Morgan fingerprint density at radius 1 is 0.723 bits per heavy atom. The normalized spacial score (nSPS) is 13.0. The van der Waals surface area contributed by atoms with E-state index < -0.39 is 58.8 Å². The van der Waals surface area contributed by atoms with Crippen LogP contribution in [0.1, 0.15) is 96.6 Å². The zero-order valence-corrected chi connectivity index (χ0v) is 28.7. The van der Waals surface area contributed by atoms with Crippen molar-refractivity contribution in [2.75, 3.05) is 0 Å². The molecule has 0 aliphatic rings. The van der Waals surface area contributed by atoms with Crippen molar-refractivity contribution >= 4 is 29.9 Å². The predicted octanol–water partition coefficient (Wildman–Crippen LogP) is 5.13. The lowest BCUT2D eigenvalue weighted by atomic mass is 10.0. The minimum Gasteiger partial charge on any atom is -0.507 e. The molecular weight excluding hydrogens is 608 g/mol. The van der Waals surface area contributed by atoms with E-state index in [-0.39, 0.29) is 37.2 Å². The Morgan fingerprint density at radius 3 is 1.89 bits per heavy atom. The molecule has 12 nitrogen and oxygen atoms in total. The number of esters is 3. The van der Waals surface area contributed by atoms with E-state index in [1.807, 2.05) is 6.07 Å². The highest BCUT2D eigenvalue weighted by molar-refractivity contribution is 5.93. The van der Waals surface area contributed by atoms with Crippen molar-refractivity contribution in [2.45, 2.75) is 117 Å². The smallest absolute Gasteiger partial charge is 0.408 e. The van der Waals surface area contributed by atoms with Crippen molar-refractivity contribution < 1.29 is 48.0 Å². The fraction of sp³-hybridized carbons (Fsp3) is 0.514. The molecule has 0 aromatic heterocycles.